The third-order valence-corrected chi connectivity index (χ3v) is 4.60. The van der Waals surface area contributed by atoms with Crippen molar-refractivity contribution in [2.45, 2.75) is 25.1 Å². The second-order valence-corrected chi connectivity index (χ2v) is 6.72. The van der Waals surface area contributed by atoms with E-state index in [2.05, 4.69) is 25.7 Å². The normalized spacial score (nSPS) is 19.4. The van der Waals surface area contributed by atoms with Gasteiger partial charge in [-0.2, -0.15) is 5.10 Å². The molecule has 0 spiro atoms. The molecule has 0 aromatic carbocycles. The Kier molecular flexibility index (Phi) is 5.66. The number of imidazole rings is 1. The lowest BCUT2D eigenvalue weighted by atomic mass is 10.1. The number of rotatable bonds is 6. The predicted molar refractivity (Wildman–Crippen MR) is 97.4 cm³/mol. The highest BCUT2D eigenvalue weighted by Gasteiger charge is 2.27. The summed E-state index contributed by atoms with van der Waals surface area (Å²) >= 11 is 0. The van der Waals surface area contributed by atoms with Crippen LogP contribution in [0.5, 0.6) is 5.75 Å². The molecule has 160 valence electrons. The number of halogens is 5. The number of piperidine rings is 1. The molecular weight excluding hydrogens is 411 g/mol. The molecule has 0 amide bonds. The van der Waals surface area contributed by atoms with Crippen LogP contribution in [0.1, 0.15) is 6.42 Å². The lowest BCUT2D eigenvalue weighted by molar-refractivity contribution is 0.0817. The summed E-state index contributed by atoms with van der Waals surface area (Å²) in [5.74, 6) is -2.15. The van der Waals surface area contributed by atoms with Crippen molar-refractivity contribution in [1.29, 1.82) is 0 Å². The van der Waals surface area contributed by atoms with Crippen LogP contribution in [0.2, 0.25) is 0 Å². The Labute approximate surface area is 167 Å². The lowest BCUT2D eigenvalue weighted by Gasteiger charge is -2.28. The molecule has 4 heterocycles. The molecule has 30 heavy (non-hydrogen) atoms. The van der Waals surface area contributed by atoms with Crippen LogP contribution in [0.25, 0.3) is 17.0 Å². The lowest BCUT2D eigenvalue weighted by Crippen LogP contribution is -2.46. The van der Waals surface area contributed by atoms with E-state index in [9.17, 15) is 22.0 Å². The van der Waals surface area contributed by atoms with Crippen molar-refractivity contribution < 1.29 is 26.7 Å². The van der Waals surface area contributed by atoms with Crippen molar-refractivity contribution in [3.63, 3.8) is 0 Å². The summed E-state index contributed by atoms with van der Waals surface area (Å²) < 4.78 is 73.5. The second-order valence-electron chi connectivity index (χ2n) is 6.72. The van der Waals surface area contributed by atoms with E-state index in [1.165, 1.54) is 23.0 Å². The summed E-state index contributed by atoms with van der Waals surface area (Å²) in [5.41, 5.74) is 0.0426. The first kappa shape index (κ1) is 20.3. The van der Waals surface area contributed by atoms with Gasteiger partial charge >= 0.3 is 0 Å². The highest BCUT2D eigenvalue weighted by molar-refractivity contribution is 5.62. The molecular formula is C18H17F5N6O. The first-order valence-corrected chi connectivity index (χ1v) is 9.15. The van der Waals surface area contributed by atoms with Crippen LogP contribution < -0.4 is 15.4 Å². The maximum absolute atomic E-state index is 14.5. The van der Waals surface area contributed by atoms with Crippen molar-refractivity contribution in [2.75, 3.05) is 25.0 Å². The highest BCUT2D eigenvalue weighted by Crippen LogP contribution is 2.27. The maximum atomic E-state index is 14.5. The molecule has 1 fully saturated rings. The van der Waals surface area contributed by atoms with E-state index in [1.54, 1.807) is 0 Å². The van der Waals surface area contributed by atoms with Crippen molar-refractivity contribution in [3.8, 4) is 17.1 Å². The predicted octanol–water partition coefficient (Wildman–Crippen LogP) is 2.83. The summed E-state index contributed by atoms with van der Waals surface area (Å²) in [7, 11) is 0. The number of nitrogens with zero attached hydrogens (tertiary/aromatic N) is 4. The minimum absolute atomic E-state index is 0.0635. The molecule has 3 aromatic rings. The average molecular weight is 428 g/mol. The monoisotopic (exact) mass is 428 g/mol. The molecule has 1 aliphatic heterocycles. The van der Waals surface area contributed by atoms with Gasteiger partial charge in [0.05, 0.1) is 18.4 Å². The van der Waals surface area contributed by atoms with Crippen LogP contribution in [0, 0.1) is 11.6 Å². The maximum Gasteiger partial charge on any atom is 0.272 e. The van der Waals surface area contributed by atoms with E-state index >= 15 is 0 Å². The Morgan fingerprint density at radius 3 is 2.83 bits per heavy atom. The summed E-state index contributed by atoms with van der Waals surface area (Å²) in [6.45, 7) is -0.0197. The van der Waals surface area contributed by atoms with Gasteiger partial charge in [-0.05, 0) is 13.0 Å². The minimum Gasteiger partial charge on any atom is -0.486 e. The molecule has 4 rings (SSSR count). The van der Waals surface area contributed by atoms with Gasteiger partial charge in [0, 0.05) is 18.7 Å². The van der Waals surface area contributed by atoms with E-state index < -0.39 is 36.9 Å². The number of nitrogens with one attached hydrogen (secondary N) is 2. The van der Waals surface area contributed by atoms with Gasteiger partial charge in [-0.25, -0.2) is 36.4 Å². The Bertz CT molecular complexity index is 1050. The highest BCUT2D eigenvalue weighted by atomic mass is 19.3. The fourth-order valence-corrected chi connectivity index (χ4v) is 3.15. The molecule has 0 bridgehead atoms. The molecule has 0 unspecified atom stereocenters. The van der Waals surface area contributed by atoms with Crippen LogP contribution in [0.3, 0.4) is 0 Å². The SMILES string of the molecule is Fc1cc(F)c(-c2cnc3cc(OCC(F)F)cnn23)nc1N[C@H]1CNCC[C@@H]1F. The van der Waals surface area contributed by atoms with Crippen LogP contribution in [0.4, 0.5) is 27.8 Å². The smallest absolute Gasteiger partial charge is 0.272 e. The van der Waals surface area contributed by atoms with Gasteiger partial charge in [-0.15, -0.1) is 0 Å². The Balaban J connectivity index is 1.65. The van der Waals surface area contributed by atoms with Crippen molar-refractivity contribution in [2.24, 2.45) is 0 Å². The number of anilines is 1. The average Bonchev–Trinajstić information content (AvgIpc) is 3.13. The fourth-order valence-electron chi connectivity index (χ4n) is 3.15. The van der Waals surface area contributed by atoms with Gasteiger partial charge in [0.25, 0.3) is 6.43 Å². The van der Waals surface area contributed by atoms with Gasteiger partial charge in [-0.1, -0.05) is 0 Å². The Morgan fingerprint density at radius 2 is 2.07 bits per heavy atom. The molecule has 3 aromatic heterocycles. The molecule has 0 radical (unpaired) electrons. The van der Waals surface area contributed by atoms with Crippen molar-refractivity contribution in [1.82, 2.24) is 24.9 Å². The quantitative estimate of drug-likeness (QED) is 0.588. The first-order valence-electron chi connectivity index (χ1n) is 9.15. The number of ether oxygens (including phenoxy) is 1. The number of hydrogen-bond acceptors (Lipinski definition) is 6. The van der Waals surface area contributed by atoms with E-state index in [4.69, 9.17) is 4.74 Å². The van der Waals surface area contributed by atoms with Crippen LogP contribution in [-0.4, -0.2) is 57.9 Å². The number of pyridine rings is 1. The van der Waals surface area contributed by atoms with Gasteiger partial charge in [0.15, 0.2) is 23.1 Å². The van der Waals surface area contributed by atoms with E-state index in [-0.39, 0.29) is 41.6 Å². The van der Waals surface area contributed by atoms with E-state index in [1.807, 2.05) is 0 Å². The molecule has 12 heteroatoms. The number of hydrogen-bond donors (Lipinski definition) is 2. The summed E-state index contributed by atoms with van der Waals surface area (Å²) in [6.07, 6.45) is -1.16. The molecule has 7 nitrogen and oxygen atoms in total. The topological polar surface area (TPSA) is 76.4 Å². The molecule has 0 aliphatic carbocycles. The van der Waals surface area contributed by atoms with Gasteiger partial charge in [0.2, 0.25) is 0 Å². The van der Waals surface area contributed by atoms with Gasteiger partial charge in [-0.3, -0.25) is 0 Å². The zero-order chi connectivity index (χ0) is 21.3. The second kappa shape index (κ2) is 8.38. The fraction of sp³-hybridized carbons (Fsp3) is 0.389. The minimum atomic E-state index is -2.65. The largest absolute Gasteiger partial charge is 0.486 e. The number of fused-ring (bicyclic) bond motifs is 1. The first-order chi connectivity index (χ1) is 14.4. The summed E-state index contributed by atoms with van der Waals surface area (Å²) in [6, 6.07) is 1.28. The molecule has 2 atom stereocenters. The van der Waals surface area contributed by atoms with Crippen LogP contribution in [0.15, 0.2) is 24.5 Å². The van der Waals surface area contributed by atoms with E-state index in [0.29, 0.717) is 12.6 Å². The van der Waals surface area contributed by atoms with Gasteiger partial charge in [0.1, 0.15) is 29.9 Å². The molecule has 1 saturated heterocycles. The van der Waals surface area contributed by atoms with Crippen molar-refractivity contribution in [3.05, 3.63) is 36.2 Å². The standard InChI is InChI=1S/C18H17F5N6O/c19-10-1-2-24-6-13(10)27-18-12(21)4-11(20)17(28-18)14-7-25-16-3-9(5-26-29(14)16)30-8-15(22)23/h3-5,7,10,13,15,24H,1-2,6,8H2,(H,27,28)/t10-,13-/m0/s1. The molecule has 2 N–H and O–H groups in total. The summed E-state index contributed by atoms with van der Waals surface area (Å²) in [4.78, 5) is 8.03. The zero-order valence-corrected chi connectivity index (χ0v) is 15.5. The number of aromatic nitrogens is 4. The molecule has 0 saturated carbocycles. The zero-order valence-electron chi connectivity index (χ0n) is 15.5. The van der Waals surface area contributed by atoms with Gasteiger partial charge < -0.3 is 15.4 Å². The van der Waals surface area contributed by atoms with Crippen LogP contribution in [-0.2, 0) is 0 Å². The van der Waals surface area contributed by atoms with Crippen LogP contribution >= 0.6 is 0 Å². The Morgan fingerprint density at radius 1 is 1.23 bits per heavy atom. The third-order valence-electron chi connectivity index (χ3n) is 4.60. The third kappa shape index (κ3) is 4.13. The van der Waals surface area contributed by atoms with E-state index in [0.717, 1.165) is 0 Å². The summed E-state index contributed by atoms with van der Waals surface area (Å²) in [5, 5.41) is 9.69. The number of alkyl halides is 3. The van der Waals surface area contributed by atoms with Crippen molar-refractivity contribution >= 4 is 11.5 Å². The molecule has 1 aliphatic rings. The Hall–Kier alpha value is -3.02.